The van der Waals surface area contributed by atoms with Crippen molar-refractivity contribution in [2.75, 3.05) is 17.1 Å². The van der Waals surface area contributed by atoms with E-state index in [0.29, 0.717) is 0 Å². The molecule has 0 fully saturated rings. The predicted molar refractivity (Wildman–Crippen MR) is 75.8 cm³/mol. The summed E-state index contributed by atoms with van der Waals surface area (Å²) in [5.74, 6) is -0.329. The molecule has 0 aliphatic heterocycles. The van der Waals surface area contributed by atoms with Crippen molar-refractivity contribution in [1.29, 1.82) is 0 Å². The maximum Gasteiger partial charge on any atom is 0.316 e. The molecule has 2 aromatic heterocycles. The summed E-state index contributed by atoms with van der Waals surface area (Å²) in [6, 6.07) is 0.128. The van der Waals surface area contributed by atoms with E-state index in [9.17, 15) is 13.2 Å². The molecule has 0 bridgehead atoms. The van der Waals surface area contributed by atoms with Crippen LogP contribution >= 0.6 is 11.3 Å². The first-order valence-electron chi connectivity index (χ1n) is 5.53. The number of ether oxygens (including phenoxy) is 1. The molecular formula is C10H11N5O4S2. The summed E-state index contributed by atoms with van der Waals surface area (Å²) in [4.78, 5) is 22.3. The summed E-state index contributed by atoms with van der Waals surface area (Å²) in [5.41, 5.74) is 0.185. The largest absolute Gasteiger partial charge is 0.467 e. The number of amides is 1. The Labute approximate surface area is 124 Å². The fraction of sp³-hybridized carbons (Fsp3) is 0.200. The molecule has 0 radical (unpaired) electrons. The van der Waals surface area contributed by atoms with Crippen molar-refractivity contribution in [2.24, 2.45) is 0 Å². The normalized spacial score (nSPS) is 11.0. The smallest absolute Gasteiger partial charge is 0.316 e. The first kappa shape index (κ1) is 15.1. The molecule has 112 valence electrons. The minimum atomic E-state index is -3.81. The van der Waals surface area contributed by atoms with E-state index in [1.165, 1.54) is 26.4 Å². The highest BCUT2D eigenvalue weighted by atomic mass is 32.2. The molecule has 0 aliphatic rings. The van der Waals surface area contributed by atoms with Gasteiger partial charge in [0.1, 0.15) is 0 Å². The third kappa shape index (κ3) is 3.86. The van der Waals surface area contributed by atoms with Crippen LogP contribution < -0.4 is 14.8 Å². The summed E-state index contributed by atoms with van der Waals surface area (Å²) in [6.45, 7) is 1.31. The zero-order chi connectivity index (χ0) is 15.5. The van der Waals surface area contributed by atoms with E-state index in [0.717, 1.165) is 17.5 Å². The van der Waals surface area contributed by atoms with Crippen molar-refractivity contribution in [3.05, 3.63) is 18.6 Å². The topological polar surface area (TPSA) is 123 Å². The van der Waals surface area contributed by atoms with Gasteiger partial charge < -0.3 is 10.1 Å². The lowest BCUT2D eigenvalue weighted by Gasteiger charge is -2.05. The van der Waals surface area contributed by atoms with Gasteiger partial charge in [-0.15, -0.1) is 0 Å². The van der Waals surface area contributed by atoms with Gasteiger partial charge in [-0.3, -0.25) is 9.52 Å². The second kappa shape index (κ2) is 6.01. The average molecular weight is 329 g/mol. The van der Waals surface area contributed by atoms with E-state index >= 15 is 0 Å². The fourth-order valence-electron chi connectivity index (χ4n) is 1.27. The predicted octanol–water partition coefficient (Wildman–Crippen LogP) is 0.701. The number of aromatic nitrogens is 3. The lowest BCUT2D eigenvalue weighted by Crippen LogP contribution is -2.12. The SMILES string of the molecule is COc1ncc(NS(=O)(=O)c2cnc(NC(C)=O)s2)cn1. The molecule has 0 aliphatic carbocycles. The van der Waals surface area contributed by atoms with E-state index < -0.39 is 10.0 Å². The lowest BCUT2D eigenvalue weighted by atomic mass is 10.6. The minimum absolute atomic E-state index is 0.0398. The Balaban J connectivity index is 2.17. The van der Waals surface area contributed by atoms with Gasteiger partial charge in [0.05, 0.1) is 31.4 Å². The molecule has 0 saturated carbocycles. The van der Waals surface area contributed by atoms with Crippen LogP contribution in [0.4, 0.5) is 10.8 Å². The number of rotatable bonds is 5. The summed E-state index contributed by atoms with van der Waals surface area (Å²) in [6.07, 6.45) is 3.71. The van der Waals surface area contributed by atoms with Crippen molar-refractivity contribution in [1.82, 2.24) is 15.0 Å². The van der Waals surface area contributed by atoms with Crippen molar-refractivity contribution < 1.29 is 17.9 Å². The van der Waals surface area contributed by atoms with Crippen molar-refractivity contribution >= 4 is 38.1 Å². The van der Waals surface area contributed by atoms with Crippen molar-refractivity contribution in [2.45, 2.75) is 11.1 Å². The first-order chi connectivity index (χ1) is 9.90. The summed E-state index contributed by atoms with van der Waals surface area (Å²) in [5, 5.41) is 2.61. The number of hydrogen-bond donors (Lipinski definition) is 2. The van der Waals surface area contributed by atoms with Gasteiger partial charge in [-0.25, -0.2) is 23.4 Å². The Morgan fingerprint density at radius 2 is 1.90 bits per heavy atom. The maximum absolute atomic E-state index is 12.1. The number of nitrogens with one attached hydrogen (secondary N) is 2. The fourth-order valence-corrected chi connectivity index (χ4v) is 3.38. The number of carbonyl (C=O) groups excluding carboxylic acids is 1. The maximum atomic E-state index is 12.1. The lowest BCUT2D eigenvalue weighted by molar-refractivity contribution is -0.114. The Hall–Kier alpha value is -2.27. The van der Waals surface area contributed by atoms with Crippen LogP contribution in [0.5, 0.6) is 6.01 Å². The van der Waals surface area contributed by atoms with Crippen LogP contribution in [0.15, 0.2) is 22.8 Å². The third-order valence-corrected chi connectivity index (χ3v) is 4.85. The second-order valence-electron chi connectivity index (χ2n) is 3.73. The molecule has 0 aromatic carbocycles. The number of thiazole rings is 1. The van der Waals surface area contributed by atoms with Crippen LogP contribution in [-0.2, 0) is 14.8 Å². The molecule has 1 amide bonds. The Bertz CT molecular complexity index is 741. The number of nitrogens with zero attached hydrogens (tertiary/aromatic N) is 3. The summed E-state index contributed by atoms with van der Waals surface area (Å²) in [7, 11) is -2.41. The molecule has 2 heterocycles. The molecule has 9 nitrogen and oxygen atoms in total. The summed E-state index contributed by atoms with van der Waals surface area (Å²) >= 11 is 0.836. The van der Waals surface area contributed by atoms with Crippen LogP contribution in [0.3, 0.4) is 0 Å². The van der Waals surface area contributed by atoms with E-state index in [1.807, 2.05) is 0 Å². The monoisotopic (exact) mass is 329 g/mol. The highest BCUT2D eigenvalue weighted by Crippen LogP contribution is 2.24. The molecule has 2 rings (SSSR count). The number of methoxy groups -OCH3 is 1. The van der Waals surface area contributed by atoms with E-state index in [1.54, 1.807) is 0 Å². The Morgan fingerprint density at radius 1 is 1.24 bits per heavy atom. The van der Waals surface area contributed by atoms with Gasteiger partial charge in [0.25, 0.3) is 10.0 Å². The molecule has 2 N–H and O–H groups in total. The van der Waals surface area contributed by atoms with Crippen LogP contribution in [0, 0.1) is 0 Å². The zero-order valence-electron chi connectivity index (χ0n) is 11.0. The highest BCUT2D eigenvalue weighted by molar-refractivity contribution is 7.94. The van der Waals surface area contributed by atoms with Crippen LogP contribution in [-0.4, -0.2) is 36.4 Å². The molecule has 0 unspecified atom stereocenters. The average Bonchev–Trinajstić information content (AvgIpc) is 2.88. The van der Waals surface area contributed by atoms with Gasteiger partial charge in [-0.1, -0.05) is 11.3 Å². The second-order valence-corrected chi connectivity index (χ2v) is 6.67. The number of hydrogen-bond acceptors (Lipinski definition) is 8. The molecule has 11 heteroatoms. The Morgan fingerprint density at radius 3 is 2.48 bits per heavy atom. The van der Waals surface area contributed by atoms with Crippen LogP contribution in [0.25, 0.3) is 0 Å². The van der Waals surface area contributed by atoms with E-state index in [2.05, 4.69) is 25.0 Å². The van der Waals surface area contributed by atoms with E-state index in [-0.39, 0.29) is 26.9 Å². The van der Waals surface area contributed by atoms with Gasteiger partial charge in [-0.2, -0.15) is 0 Å². The van der Waals surface area contributed by atoms with Crippen LogP contribution in [0.2, 0.25) is 0 Å². The molecule has 0 saturated heterocycles. The van der Waals surface area contributed by atoms with E-state index in [4.69, 9.17) is 4.74 Å². The van der Waals surface area contributed by atoms with Crippen molar-refractivity contribution in [3.63, 3.8) is 0 Å². The molecule has 0 spiro atoms. The van der Waals surface area contributed by atoms with Gasteiger partial charge in [-0.05, 0) is 0 Å². The van der Waals surface area contributed by atoms with Crippen LogP contribution in [0.1, 0.15) is 6.92 Å². The zero-order valence-corrected chi connectivity index (χ0v) is 12.7. The number of carbonyl (C=O) groups is 1. The molecule has 0 atom stereocenters. The quantitative estimate of drug-likeness (QED) is 0.827. The number of anilines is 2. The minimum Gasteiger partial charge on any atom is -0.467 e. The first-order valence-corrected chi connectivity index (χ1v) is 7.83. The van der Waals surface area contributed by atoms with Gasteiger partial charge in [0, 0.05) is 6.92 Å². The van der Waals surface area contributed by atoms with Gasteiger partial charge in [0.15, 0.2) is 9.34 Å². The highest BCUT2D eigenvalue weighted by Gasteiger charge is 2.19. The molecule has 21 heavy (non-hydrogen) atoms. The molecule has 2 aromatic rings. The number of sulfonamides is 1. The van der Waals surface area contributed by atoms with Crippen molar-refractivity contribution in [3.8, 4) is 6.01 Å². The Kier molecular flexibility index (Phi) is 4.33. The standard InChI is InChI=1S/C10H11N5O4S2/c1-6(16)14-10-13-5-8(20-10)21(17,18)15-7-3-11-9(19-2)12-4-7/h3-5,15H,1-2H3,(H,13,14,16). The van der Waals surface area contributed by atoms with Gasteiger partial charge >= 0.3 is 6.01 Å². The molecular weight excluding hydrogens is 318 g/mol. The summed E-state index contributed by atoms with van der Waals surface area (Å²) < 4.78 is 31.3. The van der Waals surface area contributed by atoms with Gasteiger partial charge in [0.2, 0.25) is 5.91 Å². The third-order valence-electron chi connectivity index (χ3n) is 2.10.